The summed E-state index contributed by atoms with van der Waals surface area (Å²) in [4.78, 5) is 72.7. The molecule has 0 aromatic carbocycles. The Bertz CT molecular complexity index is 1030. The number of carboxylic acids is 1. The smallest absolute Gasteiger partial charge is 0.352 e. The Hall–Kier alpha value is -3.59. The molecule has 0 radical (unpaired) electrons. The minimum Gasteiger partial charge on any atom is -0.477 e. The number of thiophene rings is 1. The van der Waals surface area contributed by atoms with E-state index in [0.29, 0.717) is 11.3 Å². The van der Waals surface area contributed by atoms with Crippen LogP contribution >= 0.6 is 23.1 Å². The minimum absolute atomic E-state index is 0.0295. The number of hydrogen-bond acceptors (Lipinski definition) is 9. The molecule has 1 saturated heterocycles. The van der Waals surface area contributed by atoms with Crippen LogP contribution in [0.3, 0.4) is 0 Å². The molecule has 2 aliphatic heterocycles. The molecule has 0 bridgehead atoms. The summed E-state index contributed by atoms with van der Waals surface area (Å²) in [6, 6.07) is 0.120. The van der Waals surface area contributed by atoms with Crippen molar-refractivity contribution >= 4 is 59.3 Å². The number of amides is 5. The highest BCUT2D eigenvalue weighted by Gasteiger charge is 2.54. The molecule has 0 spiro atoms. The Labute approximate surface area is 194 Å². The molecule has 176 valence electrons. The average Bonchev–Trinajstić information content (AvgIpc) is 3.28. The maximum atomic E-state index is 13.0. The zero-order valence-electron chi connectivity index (χ0n) is 17.0. The summed E-state index contributed by atoms with van der Waals surface area (Å²) in [5.74, 6) is -3.81. The second-order valence-electron chi connectivity index (χ2n) is 6.81. The fourth-order valence-electron chi connectivity index (χ4n) is 3.37. The number of nitrogens with one attached hydrogen (secondary N) is 3. The SMILES string of the molecule is CC(=O)OC(NC(=O)C(NC(N)=O)c1cccs1)C1=C(C(=O)O)N2C(=O)[C@H](NC=O)[C@H]2SC1. The van der Waals surface area contributed by atoms with Gasteiger partial charge in [-0.2, -0.15) is 0 Å². The number of ether oxygens (including phenoxy) is 1. The molecule has 1 fully saturated rings. The lowest BCUT2D eigenvalue weighted by Gasteiger charge is -2.49. The Kier molecular flexibility index (Phi) is 7.23. The van der Waals surface area contributed by atoms with Gasteiger partial charge in [0.2, 0.25) is 12.6 Å². The molecule has 5 amide bonds. The Morgan fingerprint density at radius 2 is 2.06 bits per heavy atom. The first-order valence-corrected chi connectivity index (χ1v) is 11.3. The van der Waals surface area contributed by atoms with E-state index in [2.05, 4.69) is 16.0 Å². The lowest BCUT2D eigenvalue weighted by molar-refractivity contribution is -0.151. The number of carbonyl (C=O) groups excluding carboxylic acids is 5. The van der Waals surface area contributed by atoms with Crippen LogP contribution in [0.5, 0.6) is 0 Å². The molecule has 2 aliphatic rings. The van der Waals surface area contributed by atoms with Gasteiger partial charge in [-0.1, -0.05) is 6.07 Å². The molecule has 1 aromatic rings. The van der Waals surface area contributed by atoms with Gasteiger partial charge in [-0.15, -0.1) is 23.1 Å². The summed E-state index contributed by atoms with van der Waals surface area (Å²) >= 11 is 2.29. The number of urea groups is 1. The number of fused-ring (bicyclic) bond motifs is 1. The van der Waals surface area contributed by atoms with Crippen LogP contribution in [-0.2, 0) is 28.7 Å². The van der Waals surface area contributed by atoms with Gasteiger partial charge in [-0.05, 0) is 11.4 Å². The molecular formula is C18H19N5O8S2. The highest BCUT2D eigenvalue weighted by Crippen LogP contribution is 2.41. The van der Waals surface area contributed by atoms with Crippen LogP contribution in [0.4, 0.5) is 4.79 Å². The second-order valence-corrected chi connectivity index (χ2v) is 8.89. The highest BCUT2D eigenvalue weighted by molar-refractivity contribution is 8.00. The fourth-order valence-corrected chi connectivity index (χ4v) is 5.53. The number of hydrogen-bond donors (Lipinski definition) is 5. The third-order valence-corrected chi connectivity index (χ3v) is 6.94. The first-order chi connectivity index (χ1) is 15.6. The fraction of sp³-hybridized carbons (Fsp3) is 0.333. The van der Waals surface area contributed by atoms with Gasteiger partial charge in [0.15, 0.2) is 0 Å². The molecule has 15 heteroatoms. The molecule has 3 rings (SSSR count). The van der Waals surface area contributed by atoms with Crippen LogP contribution < -0.4 is 21.7 Å². The summed E-state index contributed by atoms with van der Waals surface area (Å²) < 4.78 is 5.17. The molecule has 6 N–H and O–H groups in total. The zero-order chi connectivity index (χ0) is 24.3. The lowest BCUT2D eigenvalue weighted by Crippen LogP contribution is -2.70. The van der Waals surface area contributed by atoms with E-state index in [1.165, 1.54) is 0 Å². The van der Waals surface area contributed by atoms with Crippen molar-refractivity contribution in [2.24, 2.45) is 5.73 Å². The molecule has 0 aliphatic carbocycles. The van der Waals surface area contributed by atoms with Crippen LogP contribution in [-0.4, -0.2) is 69.6 Å². The van der Waals surface area contributed by atoms with Crippen LogP contribution in [0.15, 0.2) is 28.8 Å². The number of primary amides is 1. The van der Waals surface area contributed by atoms with Crippen LogP contribution in [0.1, 0.15) is 17.8 Å². The maximum Gasteiger partial charge on any atom is 0.352 e. The van der Waals surface area contributed by atoms with Crippen molar-refractivity contribution in [3.8, 4) is 0 Å². The van der Waals surface area contributed by atoms with Gasteiger partial charge in [0.05, 0.1) is 0 Å². The number of esters is 1. The number of rotatable bonds is 9. The second kappa shape index (κ2) is 9.91. The first kappa shape index (κ1) is 24.1. The van der Waals surface area contributed by atoms with Gasteiger partial charge in [0, 0.05) is 23.1 Å². The normalized spacial score (nSPS) is 21.1. The quantitative estimate of drug-likeness (QED) is 0.121. The van der Waals surface area contributed by atoms with Crippen LogP contribution in [0.25, 0.3) is 0 Å². The van der Waals surface area contributed by atoms with Crippen molar-refractivity contribution in [3.05, 3.63) is 33.7 Å². The van der Waals surface area contributed by atoms with Crippen molar-refractivity contribution in [1.82, 2.24) is 20.9 Å². The maximum absolute atomic E-state index is 13.0. The molecule has 4 atom stereocenters. The number of thioether (sulfide) groups is 1. The van der Waals surface area contributed by atoms with E-state index >= 15 is 0 Å². The van der Waals surface area contributed by atoms with Crippen molar-refractivity contribution in [2.45, 2.75) is 30.6 Å². The van der Waals surface area contributed by atoms with Gasteiger partial charge in [0.25, 0.3) is 11.8 Å². The lowest BCUT2D eigenvalue weighted by atomic mass is 10.0. The molecule has 3 heterocycles. The topological polar surface area (TPSA) is 197 Å². The number of nitrogens with two attached hydrogens (primary N) is 1. The molecule has 33 heavy (non-hydrogen) atoms. The van der Waals surface area contributed by atoms with Crippen molar-refractivity contribution in [1.29, 1.82) is 0 Å². The third kappa shape index (κ3) is 4.93. The van der Waals surface area contributed by atoms with E-state index in [9.17, 15) is 33.9 Å². The van der Waals surface area contributed by atoms with E-state index in [-0.39, 0.29) is 11.3 Å². The van der Waals surface area contributed by atoms with E-state index in [1.54, 1.807) is 17.5 Å². The van der Waals surface area contributed by atoms with Gasteiger partial charge in [0.1, 0.15) is 23.2 Å². The predicted octanol–water partition coefficient (Wildman–Crippen LogP) is -1.17. The van der Waals surface area contributed by atoms with E-state index < -0.39 is 59.2 Å². The first-order valence-electron chi connectivity index (χ1n) is 9.33. The molecule has 2 unspecified atom stereocenters. The van der Waals surface area contributed by atoms with Gasteiger partial charge < -0.3 is 31.5 Å². The summed E-state index contributed by atoms with van der Waals surface area (Å²) in [6.07, 6.45) is -1.20. The predicted molar refractivity (Wildman–Crippen MR) is 114 cm³/mol. The summed E-state index contributed by atoms with van der Waals surface area (Å²) in [5, 5.41) is 17.8. The van der Waals surface area contributed by atoms with Crippen molar-refractivity contribution in [2.75, 3.05) is 5.75 Å². The molecule has 1 aromatic heterocycles. The molecule has 0 saturated carbocycles. The van der Waals surface area contributed by atoms with Gasteiger partial charge in [-0.3, -0.25) is 24.1 Å². The third-order valence-electron chi connectivity index (χ3n) is 4.70. The number of β-lactam (4-membered cyclic amide) rings is 1. The largest absolute Gasteiger partial charge is 0.477 e. The number of carboxylic acid groups (broad SMARTS) is 1. The number of aliphatic carboxylic acids is 1. The van der Waals surface area contributed by atoms with E-state index in [1.807, 2.05) is 0 Å². The Morgan fingerprint density at radius 3 is 2.61 bits per heavy atom. The van der Waals surface area contributed by atoms with Gasteiger partial charge >= 0.3 is 18.0 Å². The monoisotopic (exact) mass is 497 g/mol. The Balaban J connectivity index is 1.94. The Morgan fingerprint density at radius 1 is 1.33 bits per heavy atom. The van der Waals surface area contributed by atoms with Crippen molar-refractivity contribution < 1.29 is 38.6 Å². The van der Waals surface area contributed by atoms with E-state index in [0.717, 1.165) is 34.9 Å². The number of nitrogens with zero attached hydrogens (tertiary/aromatic N) is 1. The minimum atomic E-state index is -1.54. The van der Waals surface area contributed by atoms with Crippen LogP contribution in [0.2, 0.25) is 0 Å². The average molecular weight is 498 g/mol. The highest BCUT2D eigenvalue weighted by atomic mass is 32.2. The number of carbonyl (C=O) groups is 6. The van der Waals surface area contributed by atoms with E-state index in [4.69, 9.17) is 10.5 Å². The molecule has 13 nitrogen and oxygen atoms in total. The summed E-state index contributed by atoms with van der Waals surface area (Å²) in [5.41, 5.74) is 4.66. The van der Waals surface area contributed by atoms with Crippen molar-refractivity contribution in [3.63, 3.8) is 0 Å². The summed E-state index contributed by atoms with van der Waals surface area (Å²) in [7, 11) is 0. The van der Waals surface area contributed by atoms with Crippen LogP contribution in [0, 0.1) is 0 Å². The molecular weight excluding hydrogens is 478 g/mol. The van der Waals surface area contributed by atoms with Gasteiger partial charge in [-0.25, -0.2) is 9.59 Å². The summed E-state index contributed by atoms with van der Waals surface area (Å²) in [6.45, 7) is 1.07. The standard InChI is InChI=1S/C18H19N5O8S2/c1-7(25)31-14(22-13(26)10(21-18(19)30)9-3-2-4-32-9)8-5-33-16-11(20-6-24)15(27)23(16)12(8)17(28)29/h2-4,6,10-11,14,16H,5H2,1H3,(H,20,24)(H,22,26)(H,28,29)(H3,19,21,30)/t10?,11-,14?,16+/m0/s1. The zero-order valence-corrected chi connectivity index (χ0v) is 18.6.